The van der Waals surface area contributed by atoms with Gasteiger partial charge in [0.1, 0.15) is 0 Å². The molecule has 0 radical (unpaired) electrons. The number of nitrogens with zero attached hydrogens (tertiary/aromatic N) is 1. The highest BCUT2D eigenvalue weighted by Gasteiger charge is 2.10. The van der Waals surface area contributed by atoms with Gasteiger partial charge >= 0.3 is 0 Å². The van der Waals surface area contributed by atoms with Gasteiger partial charge in [0.2, 0.25) is 0 Å². The number of rotatable bonds is 1. The molecule has 8 heavy (non-hydrogen) atoms. The van der Waals surface area contributed by atoms with Crippen LogP contribution >= 0.6 is 0 Å². The zero-order valence-electron chi connectivity index (χ0n) is 6.36. The number of hydrogen-bond donors (Lipinski definition) is 0. The molecule has 0 saturated carbocycles. The summed E-state index contributed by atoms with van der Waals surface area (Å²) in [5, 5.41) is 1.71. The largest absolute Gasteiger partial charge is 0.294 e. The van der Waals surface area contributed by atoms with Gasteiger partial charge in [-0.1, -0.05) is 0 Å². The summed E-state index contributed by atoms with van der Waals surface area (Å²) in [7, 11) is 3.76. The molecule has 0 unspecified atom stereocenters. The lowest BCUT2D eigenvalue weighted by atomic mass is 10.2. The molecule has 0 saturated heterocycles. The highest BCUT2D eigenvalue weighted by molar-refractivity contribution is 4.55. The van der Waals surface area contributed by atoms with E-state index in [1.807, 2.05) is 34.9 Å². The van der Waals surface area contributed by atoms with Crippen molar-refractivity contribution in [2.45, 2.75) is 26.4 Å². The van der Waals surface area contributed by atoms with Gasteiger partial charge in [0.15, 0.2) is 0 Å². The molecule has 0 rings (SSSR count). The normalized spacial score (nSPS) is 12.8. The van der Waals surface area contributed by atoms with Crippen molar-refractivity contribution in [2.24, 2.45) is 0 Å². The third kappa shape index (κ3) is 5.92. The lowest BCUT2D eigenvalue weighted by molar-refractivity contribution is -0.198. The Morgan fingerprint density at radius 2 is 1.50 bits per heavy atom. The maximum absolute atomic E-state index is 5.27. The second-order valence-electron chi connectivity index (χ2n) is 3.02. The van der Waals surface area contributed by atoms with Crippen LogP contribution in [0.5, 0.6) is 0 Å². The lowest BCUT2D eigenvalue weighted by Gasteiger charge is -2.23. The minimum absolute atomic E-state index is 0.0521. The molecule has 0 aliphatic heterocycles. The second-order valence-corrected chi connectivity index (χ2v) is 3.02. The van der Waals surface area contributed by atoms with Crippen LogP contribution in [0, 0.1) is 0 Å². The average molecular weight is 117 g/mol. The molecular formula is C6H15NO. The lowest BCUT2D eigenvalue weighted by Crippen LogP contribution is -2.28. The molecule has 0 aromatic carbocycles. The molecule has 2 heteroatoms. The fourth-order valence-corrected chi connectivity index (χ4v) is 0.548. The van der Waals surface area contributed by atoms with Crippen molar-refractivity contribution in [1.29, 1.82) is 0 Å². The van der Waals surface area contributed by atoms with Crippen molar-refractivity contribution < 1.29 is 4.84 Å². The Kier molecular flexibility index (Phi) is 2.44. The third-order valence-corrected chi connectivity index (χ3v) is 0.456. The molecular weight excluding hydrogens is 102 g/mol. The van der Waals surface area contributed by atoms with Crippen LogP contribution in [-0.2, 0) is 4.84 Å². The molecule has 0 heterocycles. The summed E-state index contributed by atoms with van der Waals surface area (Å²) >= 11 is 0. The standard InChI is InChI=1S/C6H15NO/c1-6(2,3)8-7(4)5/h1-5H3. The van der Waals surface area contributed by atoms with E-state index in [4.69, 9.17) is 4.84 Å². The Morgan fingerprint density at radius 3 is 1.50 bits per heavy atom. The van der Waals surface area contributed by atoms with Crippen molar-refractivity contribution in [3.63, 3.8) is 0 Å². The average Bonchev–Trinajstić information content (AvgIpc) is 1.21. The molecule has 0 N–H and O–H groups in total. The molecule has 0 aromatic heterocycles. The first-order valence-electron chi connectivity index (χ1n) is 2.78. The van der Waals surface area contributed by atoms with Gasteiger partial charge in [-0.15, -0.1) is 0 Å². The first kappa shape index (κ1) is 7.92. The maximum atomic E-state index is 5.27. The van der Waals surface area contributed by atoms with E-state index < -0.39 is 0 Å². The van der Waals surface area contributed by atoms with Gasteiger partial charge in [-0.3, -0.25) is 4.84 Å². The van der Waals surface area contributed by atoms with E-state index in [9.17, 15) is 0 Å². The Balaban J connectivity index is 3.39. The predicted octanol–water partition coefficient (Wildman–Crippen LogP) is 1.28. The van der Waals surface area contributed by atoms with E-state index in [1.165, 1.54) is 0 Å². The molecule has 50 valence electrons. The third-order valence-electron chi connectivity index (χ3n) is 0.456. The highest BCUT2D eigenvalue weighted by atomic mass is 16.7. The van der Waals surface area contributed by atoms with Crippen LogP contribution in [-0.4, -0.2) is 24.8 Å². The molecule has 0 aliphatic carbocycles. The van der Waals surface area contributed by atoms with Crippen LogP contribution in [0.2, 0.25) is 0 Å². The van der Waals surface area contributed by atoms with E-state index in [-0.39, 0.29) is 5.60 Å². The molecule has 0 bridgehead atoms. The van der Waals surface area contributed by atoms with Gasteiger partial charge < -0.3 is 0 Å². The van der Waals surface area contributed by atoms with Crippen LogP contribution < -0.4 is 0 Å². The van der Waals surface area contributed by atoms with Crippen LogP contribution in [0.4, 0.5) is 0 Å². The quantitative estimate of drug-likeness (QED) is 0.480. The fraction of sp³-hybridized carbons (Fsp3) is 1.00. The Bertz CT molecular complexity index is 63.4. The van der Waals surface area contributed by atoms with Gasteiger partial charge in [-0.25, -0.2) is 0 Å². The first-order valence-corrected chi connectivity index (χ1v) is 2.78. The van der Waals surface area contributed by atoms with Crippen molar-refractivity contribution in [3.05, 3.63) is 0 Å². The van der Waals surface area contributed by atoms with Gasteiger partial charge in [-0.05, 0) is 20.8 Å². The zero-order chi connectivity index (χ0) is 6.78. The topological polar surface area (TPSA) is 12.5 Å². The summed E-state index contributed by atoms with van der Waals surface area (Å²) in [5.41, 5.74) is -0.0521. The number of hydrogen-bond acceptors (Lipinski definition) is 2. The van der Waals surface area contributed by atoms with E-state index in [1.54, 1.807) is 5.06 Å². The molecule has 0 amide bonds. The smallest absolute Gasteiger partial charge is 0.0815 e. The summed E-state index contributed by atoms with van der Waals surface area (Å²) in [4.78, 5) is 5.27. The minimum atomic E-state index is -0.0521. The van der Waals surface area contributed by atoms with Crippen molar-refractivity contribution >= 4 is 0 Å². The van der Waals surface area contributed by atoms with Crippen molar-refractivity contribution in [1.82, 2.24) is 5.06 Å². The molecule has 0 spiro atoms. The summed E-state index contributed by atoms with van der Waals surface area (Å²) in [5.74, 6) is 0. The van der Waals surface area contributed by atoms with Gasteiger partial charge in [0, 0.05) is 14.1 Å². The monoisotopic (exact) mass is 117 g/mol. The van der Waals surface area contributed by atoms with Gasteiger partial charge in [0.05, 0.1) is 5.60 Å². The minimum Gasteiger partial charge on any atom is -0.294 e. The van der Waals surface area contributed by atoms with E-state index in [2.05, 4.69) is 0 Å². The van der Waals surface area contributed by atoms with E-state index >= 15 is 0 Å². The maximum Gasteiger partial charge on any atom is 0.0815 e. The molecule has 2 nitrogen and oxygen atoms in total. The SMILES string of the molecule is CN(C)OC(C)(C)C. The Morgan fingerprint density at radius 1 is 1.12 bits per heavy atom. The van der Waals surface area contributed by atoms with Gasteiger partial charge in [-0.2, -0.15) is 5.06 Å². The van der Waals surface area contributed by atoms with Gasteiger partial charge in [0.25, 0.3) is 0 Å². The first-order chi connectivity index (χ1) is 3.42. The molecule has 0 fully saturated rings. The highest BCUT2D eigenvalue weighted by Crippen LogP contribution is 2.06. The van der Waals surface area contributed by atoms with E-state index in [0.29, 0.717) is 0 Å². The predicted molar refractivity (Wildman–Crippen MR) is 34.5 cm³/mol. The zero-order valence-corrected chi connectivity index (χ0v) is 6.36. The number of hydroxylamine groups is 2. The summed E-state index contributed by atoms with van der Waals surface area (Å²) in [6.07, 6.45) is 0. The summed E-state index contributed by atoms with van der Waals surface area (Å²) < 4.78 is 0. The van der Waals surface area contributed by atoms with E-state index in [0.717, 1.165) is 0 Å². The van der Waals surface area contributed by atoms with Crippen LogP contribution in [0.15, 0.2) is 0 Å². The molecule has 0 aliphatic rings. The summed E-state index contributed by atoms with van der Waals surface area (Å²) in [6, 6.07) is 0. The van der Waals surface area contributed by atoms with Crippen LogP contribution in [0.1, 0.15) is 20.8 Å². The molecule has 0 atom stereocenters. The summed E-state index contributed by atoms with van der Waals surface area (Å²) in [6.45, 7) is 6.06. The Hall–Kier alpha value is -0.0800. The second kappa shape index (κ2) is 2.46. The molecule has 0 aromatic rings. The van der Waals surface area contributed by atoms with Crippen LogP contribution in [0.3, 0.4) is 0 Å². The van der Waals surface area contributed by atoms with Crippen molar-refractivity contribution in [3.8, 4) is 0 Å². The fourth-order valence-electron chi connectivity index (χ4n) is 0.548. The van der Waals surface area contributed by atoms with Crippen molar-refractivity contribution in [2.75, 3.05) is 14.1 Å². The van der Waals surface area contributed by atoms with Crippen LogP contribution in [0.25, 0.3) is 0 Å². The Labute approximate surface area is 51.4 Å².